The molecule has 0 radical (unpaired) electrons. The molecule has 1 heterocycles. The zero-order valence-electron chi connectivity index (χ0n) is 9.11. The number of nitrogens with zero attached hydrogens (tertiary/aromatic N) is 1. The third-order valence-corrected chi connectivity index (χ3v) is 3.53. The molecule has 0 spiro atoms. The lowest BCUT2D eigenvalue weighted by molar-refractivity contribution is -0.143. The van der Waals surface area contributed by atoms with Crippen LogP contribution in [0, 0.1) is 5.92 Å². The number of aliphatic hydroxyl groups is 1. The van der Waals surface area contributed by atoms with E-state index in [9.17, 15) is 9.90 Å². The number of aliphatic hydroxyl groups excluding tert-OH is 1. The van der Waals surface area contributed by atoms with E-state index in [-0.39, 0.29) is 11.8 Å². The van der Waals surface area contributed by atoms with E-state index in [1.165, 1.54) is 0 Å². The zero-order valence-corrected chi connectivity index (χ0v) is 9.11. The summed E-state index contributed by atoms with van der Waals surface area (Å²) >= 11 is 0. The van der Waals surface area contributed by atoms with Crippen LogP contribution in [0.2, 0.25) is 0 Å². The molecular weight excluding hydrogens is 192 g/mol. The lowest BCUT2D eigenvalue weighted by atomic mass is 9.99. The van der Waals surface area contributed by atoms with Crippen molar-refractivity contribution in [1.29, 1.82) is 0 Å². The number of nitrogens with one attached hydrogen (secondary N) is 1. The van der Waals surface area contributed by atoms with E-state index < -0.39 is 6.10 Å². The SMILES string of the molecule is O=C(C(O)C1CCCC1)N1CCNCC1. The molecule has 1 aliphatic heterocycles. The van der Waals surface area contributed by atoms with Crippen LogP contribution in [-0.2, 0) is 4.79 Å². The molecule has 2 fully saturated rings. The van der Waals surface area contributed by atoms with E-state index in [1.807, 2.05) is 0 Å². The van der Waals surface area contributed by atoms with Crippen LogP contribution in [0.15, 0.2) is 0 Å². The van der Waals surface area contributed by atoms with Crippen molar-refractivity contribution < 1.29 is 9.90 Å². The van der Waals surface area contributed by atoms with Gasteiger partial charge in [-0.05, 0) is 18.8 Å². The Kier molecular flexibility index (Phi) is 3.59. The van der Waals surface area contributed by atoms with E-state index in [4.69, 9.17) is 0 Å². The van der Waals surface area contributed by atoms with Gasteiger partial charge in [0.2, 0.25) is 0 Å². The molecule has 1 unspecified atom stereocenters. The molecule has 0 bridgehead atoms. The number of rotatable bonds is 2. The molecule has 2 N–H and O–H groups in total. The Morgan fingerprint density at radius 3 is 2.47 bits per heavy atom. The Hall–Kier alpha value is -0.610. The number of piperazine rings is 1. The predicted molar refractivity (Wildman–Crippen MR) is 57.4 cm³/mol. The maximum Gasteiger partial charge on any atom is 0.251 e. The first kappa shape index (κ1) is 10.9. The van der Waals surface area contributed by atoms with Gasteiger partial charge in [-0.2, -0.15) is 0 Å². The Morgan fingerprint density at radius 1 is 1.27 bits per heavy atom. The molecular formula is C11H20N2O2. The number of amides is 1. The second-order valence-electron chi connectivity index (χ2n) is 4.56. The van der Waals surface area contributed by atoms with Gasteiger partial charge in [-0.15, -0.1) is 0 Å². The number of carbonyl (C=O) groups excluding carboxylic acids is 1. The van der Waals surface area contributed by atoms with Gasteiger partial charge < -0.3 is 15.3 Å². The van der Waals surface area contributed by atoms with Gasteiger partial charge in [0.1, 0.15) is 6.10 Å². The van der Waals surface area contributed by atoms with E-state index in [0.29, 0.717) is 0 Å². The van der Waals surface area contributed by atoms with E-state index in [2.05, 4.69) is 5.32 Å². The van der Waals surface area contributed by atoms with Gasteiger partial charge in [0.15, 0.2) is 0 Å². The minimum atomic E-state index is -0.745. The van der Waals surface area contributed by atoms with Crippen molar-refractivity contribution in [3.63, 3.8) is 0 Å². The lowest BCUT2D eigenvalue weighted by Crippen LogP contribution is -2.51. The second kappa shape index (κ2) is 4.94. The predicted octanol–water partition coefficient (Wildman–Crippen LogP) is -0.0307. The molecule has 1 atom stereocenters. The Labute approximate surface area is 90.6 Å². The second-order valence-corrected chi connectivity index (χ2v) is 4.56. The van der Waals surface area contributed by atoms with Crippen LogP contribution >= 0.6 is 0 Å². The van der Waals surface area contributed by atoms with Crippen LogP contribution in [0.25, 0.3) is 0 Å². The molecule has 4 nitrogen and oxygen atoms in total. The van der Waals surface area contributed by atoms with Crippen molar-refractivity contribution in [3.8, 4) is 0 Å². The average Bonchev–Trinajstić information content (AvgIpc) is 2.82. The summed E-state index contributed by atoms with van der Waals surface area (Å²) in [6.07, 6.45) is 3.61. The fourth-order valence-electron chi connectivity index (χ4n) is 2.55. The van der Waals surface area contributed by atoms with Crippen molar-refractivity contribution in [2.24, 2.45) is 5.92 Å². The molecule has 1 saturated carbocycles. The molecule has 4 heteroatoms. The van der Waals surface area contributed by atoms with E-state index in [1.54, 1.807) is 4.90 Å². The first-order chi connectivity index (χ1) is 7.29. The number of carbonyl (C=O) groups is 1. The first-order valence-corrected chi connectivity index (χ1v) is 5.96. The molecule has 2 aliphatic rings. The Balaban J connectivity index is 1.87. The van der Waals surface area contributed by atoms with Crippen LogP contribution in [0.5, 0.6) is 0 Å². The molecule has 15 heavy (non-hydrogen) atoms. The van der Waals surface area contributed by atoms with Gasteiger partial charge in [0, 0.05) is 26.2 Å². The van der Waals surface area contributed by atoms with Crippen LogP contribution in [0.1, 0.15) is 25.7 Å². The van der Waals surface area contributed by atoms with E-state index in [0.717, 1.165) is 51.9 Å². The maximum atomic E-state index is 11.9. The average molecular weight is 212 g/mol. The van der Waals surface area contributed by atoms with Crippen LogP contribution in [0.4, 0.5) is 0 Å². The third-order valence-electron chi connectivity index (χ3n) is 3.53. The molecule has 0 aromatic heterocycles. The molecule has 2 rings (SSSR count). The van der Waals surface area contributed by atoms with Gasteiger partial charge in [0.05, 0.1) is 0 Å². The summed E-state index contributed by atoms with van der Waals surface area (Å²) in [6.45, 7) is 3.18. The smallest absolute Gasteiger partial charge is 0.251 e. The summed E-state index contributed by atoms with van der Waals surface area (Å²) in [7, 11) is 0. The summed E-state index contributed by atoms with van der Waals surface area (Å²) in [6, 6.07) is 0. The molecule has 86 valence electrons. The quantitative estimate of drug-likeness (QED) is 0.676. The van der Waals surface area contributed by atoms with Crippen LogP contribution < -0.4 is 5.32 Å². The van der Waals surface area contributed by atoms with Crippen molar-refractivity contribution >= 4 is 5.91 Å². The highest BCUT2D eigenvalue weighted by molar-refractivity contribution is 5.81. The molecule has 1 amide bonds. The highest BCUT2D eigenvalue weighted by atomic mass is 16.3. The minimum absolute atomic E-state index is 0.0524. The van der Waals surface area contributed by atoms with Crippen molar-refractivity contribution in [2.75, 3.05) is 26.2 Å². The summed E-state index contributed by atoms with van der Waals surface area (Å²) < 4.78 is 0. The monoisotopic (exact) mass is 212 g/mol. The summed E-state index contributed by atoms with van der Waals surface area (Å²) in [5.74, 6) is 0.163. The van der Waals surface area contributed by atoms with Crippen LogP contribution in [0.3, 0.4) is 0 Å². The number of hydrogen-bond donors (Lipinski definition) is 2. The van der Waals surface area contributed by atoms with E-state index >= 15 is 0 Å². The van der Waals surface area contributed by atoms with Gasteiger partial charge in [-0.1, -0.05) is 12.8 Å². The topological polar surface area (TPSA) is 52.6 Å². The maximum absolute atomic E-state index is 11.9. The molecule has 0 aromatic rings. The third kappa shape index (κ3) is 2.49. The largest absolute Gasteiger partial charge is 0.383 e. The van der Waals surface area contributed by atoms with Gasteiger partial charge in [0.25, 0.3) is 5.91 Å². The summed E-state index contributed by atoms with van der Waals surface area (Å²) in [5.41, 5.74) is 0. The molecule has 1 saturated heterocycles. The summed E-state index contributed by atoms with van der Waals surface area (Å²) in [4.78, 5) is 13.7. The van der Waals surface area contributed by atoms with Crippen molar-refractivity contribution in [3.05, 3.63) is 0 Å². The lowest BCUT2D eigenvalue weighted by Gasteiger charge is -2.30. The molecule has 1 aliphatic carbocycles. The van der Waals surface area contributed by atoms with Gasteiger partial charge in [-0.3, -0.25) is 4.79 Å². The summed E-state index contributed by atoms with van der Waals surface area (Å²) in [5, 5.41) is 13.2. The zero-order chi connectivity index (χ0) is 10.7. The minimum Gasteiger partial charge on any atom is -0.383 e. The fraction of sp³-hybridized carbons (Fsp3) is 0.909. The highest BCUT2D eigenvalue weighted by Crippen LogP contribution is 2.28. The fourth-order valence-corrected chi connectivity index (χ4v) is 2.55. The van der Waals surface area contributed by atoms with Crippen molar-refractivity contribution in [1.82, 2.24) is 10.2 Å². The normalized spacial score (nSPS) is 25.5. The van der Waals surface area contributed by atoms with Crippen LogP contribution in [-0.4, -0.2) is 48.2 Å². The molecule has 0 aromatic carbocycles. The van der Waals surface area contributed by atoms with Gasteiger partial charge in [-0.25, -0.2) is 0 Å². The highest BCUT2D eigenvalue weighted by Gasteiger charge is 2.31. The standard InChI is InChI=1S/C11H20N2O2/c14-10(9-3-1-2-4-9)11(15)13-7-5-12-6-8-13/h9-10,12,14H,1-8H2. The van der Waals surface area contributed by atoms with Gasteiger partial charge >= 0.3 is 0 Å². The number of hydrogen-bond acceptors (Lipinski definition) is 3. The first-order valence-electron chi connectivity index (χ1n) is 5.96. The van der Waals surface area contributed by atoms with Crippen molar-refractivity contribution in [2.45, 2.75) is 31.8 Å². The Morgan fingerprint density at radius 2 is 1.87 bits per heavy atom. The Bertz CT molecular complexity index is 221.